The molecule has 2 aromatic carbocycles. The van der Waals surface area contributed by atoms with Gasteiger partial charge in [-0.1, -0.05) is 12.1 Å². The SMILES string of the molecule is O=C(O)c1ccc(OCc2ccc(C(F)(F)F)cc2)cc1F. The summed E-state index contributed by atoms with van der Waals surface area (Å²) in [6.07, 6.45) is -4.41. The summed E-state index contributed by atoms with van der Waals surface area (Å²) in [7, 11) is 0. The highest BCUT2D eigenvalue weighted by atomic mass is 19.4. The van der Waals surface area contributed by atoms with Gasteiger partial charge in [-0.2, -0.15) is 13.2 Å². The van der Waals surface area contributed by atoms with Crippen molar-refractivity contribution in [3.8, 4) is 5.75 Å². The minimum atomic E-state index is -4.41. The fourth-order valence-electron chi connectivity index (χ4n) is 1.72. The van der Waals surface area contributed by atoms with Crippen LogP contribution in [0.2, 0.25) is 0 Å². The second-order valence-electron chi connectivity index (χ2n) is 4.43. The van der Waals surface area contributed by atoms with Gasteiger partial charge in [-0.05, 0) is 29.8 Å². The van der Waals surface area contributed by atoms with Crippen LogP contribution in [-0.2, 0) is 12.8 Å². The third-order valence-corrected chi connectivity index (χ3v) is 2.86. The van der Waals surface area contributed by atoms with Gasteiger partial charge in [-0.25, -0.2) is 9.18 Å². The lowest BCUT2D eigenvalue weighted by Gasteiger charge is -2.09. The first-order valence-electron chi connectivity index (χ1n) is 6.09. The standard InChI is InChI=1S/C15H10F4O3/c16-13-7-11(5-6-12(13)14(20)21)22-8-9-1-3-10(4-2-9)15(17,18)19/h1-7H,8H2,(H,20,21). The van der Waals surface area contributed by atoms with Gasteiger partial charge in [0.25, 0.3) is 0 Å². The Bertz CT molecular complexity index is 678. The van der Waals surface area contributed by atoms with Crippen LogP contribution in [0.5, 0.6) is 5.75 Å². The lowest BCUT2D eigenvalue weighted by molar-refractivity contribution is -0.137. The number of carboxylic acid groups (broad SMARTS) is 1. The zero-order chi connectivity index (χ0) is 16.3. The van der Waals surface area contributed by atoms with Crippen molar-refractivity contribution in [1.82, 2.24) is 0 Å². The molecule has 0 unspecified atom stereocenters. The summed E-state index contributed by atoms with van der Waals surface area (Å²) in [6.45, 7) is -0.0655. The minimum Gasteiger partial charge on any atom is -0.489 e. The number of hydrogen-bond donors (Lipinski definition) is 1. The van der Waals surface area contributed by atoms with Crippen molar-refractivity contribution < 1.29 is 32.2 Å². The van der Waals surface area contributed by atoms with E-state index in [1.807, 2.05) is 0 Å². The third-order valence-electron chi connectivity index (χ3n) is 2.86. The molecule has 0 saturated heterocycles. The highest BCUT2D eigenvalue weighted by molar-refractivity contribution is 5.88. The number of alkyl halides is 3. The molecule has 0 aliphatic carbocycles. The zero-order valence-electron chi connectivity index (χ0n) is 11.0. The third kappa shape index (κ3) is 3.75. The number of hydrogen-bond acceptors (Lipinski definition) is 2. The zero-order valence-corrected chi connectivity index (χ0v) is 11.0. The van der Waals surface area contributed by atoms with E-state index in [9.17, 15) is 22.4 Å². The van der Waals surface area contributed by atoms with Crippen LogP contribution in [0.25, 0.3) is 0 Å². The quantitative estimate of drug-likeness (QED) is 0.864. The summed E-state index contributed by atoms with van der Waals surface area (Å²) >= 11 is 0. The van der Waals surface area contributed by atoms with Gasteiger partial charge in [0.1, 0.15) is 18.2 Å². The number of aromatic carboxylic acids is 1. The lowest BCUT2D eigenvalue weighted by atomic mass is 10.1. The monoisotopic (exact) mass is 314 g/mol. The Labute approximate surface area is 122 Å². The van der Waals surface area contributed by atoms with Crippen LogP contribution >= 0.6 is 0 Å². The van der Waals surface area contributed by atoms with Crippen molar-refractivity contribution in [2.24, 2.45) is 0 Å². The average molecular weight is 314 g/mol. The summed E-state index contributed by atoms with van der Waals surface area (Å²) in [4.78, 5) is 10.7. The topological polar surface area (TPSA) is 46.5 Å². The fourth-order valence-corrected chi connectivity index (χ4v) is 1.72. The summed E-state index contributed by atoms with van der Waals surface area (Å²) in [6, 6.07) is 7.60. The normalized spacial score (nSPS) is 11.3. The highest BCUT2D eigenvalue weighted by Crippen LogP contribution is 2.29. The largest absolute Gasteiger partial charge is 0.489 e. The van der Waals surface area contributed by atoms with Crippen LogP contribution in [0.15, 0.2) is 42.5 Å². The molecule has 0 radical (unpaired) electrons. The molecule has 0 atom stereocenters. The first kappa shape index (κ1) is 15.8. The minimum absolute atomic E-state index is 0.0655. The van der Waals surface area contributed by atoms with Crippen molar-refractivity contribution >= 4 is 5.97 Å². The van der Waals surface area contributed by atoms with E-state index in [0.29, 0.717) is 5.56 Å². The van der Waals surface area contributed by atoms with E-state index in [2.05, 4.69) is 0 Å². The van der Waals surface area contributed by atoms with Gasteiger partial charge >= 0.3 is 12.1 Å². The molecule has 2 aromatic rings. The summed E-state index contributed by atoms with van der Waals surface area (Å²) in [5, 5.41) is 8.68. The molecule has 0 spiro atoms. The number of carbonyl (C=O) groups is 1. The van der Waals surface area contributed by atoms with E-state index >= 15 is 0 Å². The number of benzene rings is 2. The van der Waals surface area contributed by atoms with Crippen molar-refractivity contribution in [2.75, 3.05) is 0 Å². The van der Waals surface area contributed by atoms with Gasteiger partial charge < -0.3 is 9.84 Å². The fraction of sp³-hybridized carbons (Fsp3) is 0.133. The van der Waals surface area contributed by atoms with Crippen LogP contribution < -0.4 is 4.74 Å². The van der Waals surface area contributed by atoms with Gasteiger partial charge in [0.05, 0.1) is 11.1 Å². The number of ether oxygens (including phenoxy) is 1. The van der Waals surface area contributed by atoms with Crippen LogP contribution in [0, 0.1) is 5.82 Å². The van der Waals surface area contributed by atoms with Gasteiger partial charge in [-0.15, -0.1) is 0 Å². The van der Waals surface area contributed by atoms with Crippen LogP contribution in [0.1, 0.15) is 21.5 Å². The maximum atomic E-state index is 13.4. The molecule has 7 heteroatoms. The molecule has 1 N–H and O–H groups in total. The Morgan fingerprint density at radius 1 is 1.09 bits per heavy atom. The Balaban J connectivity index is 2.04. The maximum absolute atomic E-state index is 13.4. The molecule has 2 rings (SSSR count). The second-order valence-corrected chi connectivity index (χ2v) is 4.43. The van der Waals surface area contributed by atoms with E-state index in [1.54, 1.807) is 0 Å². The molecular weight excluding hydrogens is 304 g/mol. The van der Waals surface area contributed by atoms with Crippen molar-refractivity contribution in [3.05, 3.63) is 65.0 Å². The Hall–Kier alpha value is -2.57. The van der Waals surface area contributed by atoms with Crippen LogP contribution in [0.3, 0.4) is 0 Å². The Morgan fingerprint density at radius 3 is 2.23 bits per heavy atom. The molecular formula is C15H10F4O3. The summed E-state index contributed by atoms with van der Waals surface area (Å²) in [5.74, 6) is -2.26. The summed E-state index contributed by atoms with van der Waals surface area (Å²) < 4.78 is 55.8. The van der Waals surface area contributed by atoms with Crippen LogP contribution in [0.4, 0.5) is 17.6 Å². The molecule has 0 aliphatic heterocycles. The van der Waals surface area contributed by atoms with Crippen molar-refractivity contribution in [1.29, 1.82) is 0 Å². The van der Waals surface area contributed by atoms with Gasteiger partial charge in [0.2, 0.25) is 0 Å². The maximum Gasteiger partial charge on any atom is 0.416 e. The van der Waals surface area contributed by atoms with E-state index < -0.39 is 29.1 Å². The number of rotatable bonds is 4. The Kier molecular flexibility index (Phi) is 4.35. The number of halogens is 4. The van der Waals surface area contributed by atoms with E-state index in [1.165, 1.54) is 18.2 Å². The summed E-state index contributed by atoms with van der Waals surface area (Å²) in [5.41, 5.74) is -0.786. The molecule has 0 fully saturated rings. The van der Waals surface area contributed by atoms with Crippen molar-refractivity contribution in [3.63, 3.8) is 0 Å². The van der Waals surface area contributed by atoms with Gasteiger partial charge in [0, 0.05) is 6.07 Å². The van der Waals surface area contributed by atoms with E-state index in [-0.39, 0.29) is 12.4 Å². The first-order chi connectivity index (χ1) is 10.3. The molecule has 0 saturated carbocycles. The highest BCUT2D eigenvalue weighted by Gasteiger charge is 2.29. The molecule has 3 nitrogen and oxygen atoms in total. The molecule has 0 amide bonds. The van der Waals surface area contributed by atoms with E-state index in [4.69, 9.17) is 9.84 Å². The number of carboxylic acids is 1. The lowest BCUT2D eigenvalue weighted by Crippen LogP contribution is -2.05. The van der Waals surface area contributed by atoms with Gasteiger partial charge in [0.15, 0.2) is 0 Å². The van der Waals surface area contributed by atoms with Crippen molar-refractivity contribution in [2.45, 2.75) is 12.8 Å². The molecule has 0 aliphatic rings. The molecule has 0 aromatic heterocycles. The molecule has 116 valence electrons. The molecule has 0 bridgehead atoms. The van der Waals surface area contributed by atoms with Gasteiger partial charge in [-0.3, -0.25) is 0 Å². The second kappa shape index (κ2) is 6.05. The Morgan fingerprint density at radius 2 is 1.73 bits per heavy atom. The average Bonchev–Trinajstić information content (AvgIpc) is 2.44. The smallest absolute Gasteiger partial charge is 0.416 e. The molecule has 0 heterocycles. The first-order valence-corrected chi connectivity index (χ1v) is 6.09. The van der Waals surface area contributed by atoms with E-state index in [0.717, 1.165) is 24.3 Å². The predicted octanol–water partition coefficient (Wildman–Crippen LogP) is 4.12. The predicted molar refractivity (Wildman–Crippen MR) is 69.1 cm³/mol. The molecule has 22 heavy (non-hydrogen) atoms. The van der Waals surface area contributed by atoms with Crippen LogP contribution in [-0.4, -0.2) is 11.1 Å².